The van der Waals surface area contributed by atoms with E-state index in [0.717, 1.165) is 16.3 Å². The molecule has 0 radical (unpaired) electrons. The van der Waals surface area contributed by atoms with Gasteiger partial charge in [-0.15, -0.1) is 0 Å². The van der Waals surface area contributed by atoms with Crippen molar-refractivity contribution in [1.82, 2.24) is 0 Å². The van der Waals surface area contributed by atoms with Crippen LogP contribution in [0.3, 0.4) is 0 Å². The Morgan fingerprint density at radius 3 is 2.48 bits per heavy atom. The number of anilines is 1. The third kappa shape index (κ3) is 2.61. The molecule has 31 heavy (non-hydrogen) atoms. The molecule has 3 aromatic rings. The summed E-state index contributed by atoms with van der Waals surface area (Å²) in [4.78, 5) is 28.7. The molecule has 5 rings (SSSR count). The van der Waals surface area contributed by atoms with E-state index < -0.39 is 17.3 Å². The smallest absolute Gasteiger partial charge is 0.241 e. The van der Waals surface area contributed by atoms with Gasteiger partial charge in [-0.3, -0.25) is 9.59 Å². The molecule has 0 bridgehead atoms. The zero-order valence-corrected chi connectivity index (χ0v) is 17.3. The molecule has 3 aromatic carbocycles. The highest BCUT2D eigenvalue weighted by atomic mass is 16.3. The lowest BCUT2D eigenvalue weighted by Gasteiger charge is -2.40. The van der Waals surface area contributed by atoms with Gasteiger partial charge in [-0.2, -0.15) is 0 Å². The molecule has 4 heteroatoms. The minimum absolute atomic E-state index is 0.122. The molecule has 2 aliphatic rings. The lowest BCUT2D eigenvalue weighted by Crippen LogP contribution is -2.41. The molecule has 1 aliphatic heterocycles. The maximum absolute atomic E-state index is 13.9. The Morgan fingerprint density at radius 1 is 1.03 bits per heavy atom. The third-order valence-electron chi connectivity index (χ3n) is 6.91. The maximum Gasteiger partial charge on any atom is 0.241 e. The number of phenols is 1. The fourth-order valence-electron chi connectivity index (χ4n) is 5.37. The van der Waals surface area contributed by atoms with Crippen molar-refractivity contribution in [2.24, 2.45) is 11.3 Å². The lowest BCUT2D eigenvalue weighted by atomic mass is 9.59. The number of benzene rings is 3. The second-order valence-corrected chi connectivity index (χ2v) is 8.45. The van der Waals surface area contributed by atoms with Crippen LogP contribution in [0.15, 0.2) is 91.0 Å². The number of carbonyl (C=O) groups excluding carboxylic acids is 2. The van der Waals surface area contributed by atoms with Crippen LogP contribution in [0, 0.1) is 11.3 Å². The van der Waals surface area contributed by atoms with Crippen molar-refractivity contribution < 1.29 is 14.7 Å². The number of allylic oxidation sites excluding steroid dienone is 3. The van der Waals surface area contributed by atoms with E-state index in [1.54, 1.807) is 24.3 Å². The van der Waals surface area contributed by atoms with Gasteiger partial charge in [0, 0.05) is 11.5 Å². The van der Waals surface area contributed by atoms with Gasteiger partial charge in [0.25, 0.3) is 0 Å². The number of amides is 2. The standard InChI is InChI=1S/C27H23NO3/c1-3-17-13-15-21-25(30)28(19-10-5-4-6-11-19)26(31)27(21,2)24(17)23-20-12-8-7-9-18(20)14-16-22(23)29/h3-14,16,21,24,29H,1,15H2,2H3/t21-,24+,27+/m0/s1. The van der Waals surface area contributed by atoms with Crippen LogP contribution in [0.2, 0.25) is 0 Å². The Balaban J connectivity index is 1.76. The van der Waals surface area contributed by atoms with E-state index in [0.29, 0.717) is 17.7 Å². The van der Waals surface area contributed by atoms with Crippen molar-refractivity contribution in [1.29, 1.82) is 0 Å². The lowest BCUT2D eigenvalue weighted by molar-refractivity contribution is -0.127. The van der Waals surface area contributed by atoms with Gasteiger partial charge < -0.3 is 5.11 Å². The van der Waals surface area contributed by atoms with Gasteiger partial charge in [-0.25, -0.2) is 4.90 Å². The van der Waals surface area contributed by atoms with Crippen molar-refractivity contribution in [3.8, 4) is 5.75 Å². The van der Waals surface area contributed by atoms with E-state index in [4.69, 9.17) is 0 Å². The maximum atomic E-state index is 13.9. The van der Waals surface area contributed by atoms with Crippen molar-refractivity contribution in [3.63, 3.8) is 0 Å². The zero-order valence-electron chi connectivity index (χ0n) is 17.3. The Hall–Kier alpha value is -3.66. The highest BCUT2D eigenvalue weighted by Gasteiger charge is 2.62. The SMILES string of the molecule is C=CC1=CC[C@H]2C(=O)N(c3ccccc3)C(=O)[C@@]2(C)[C@H]1c1c(O)ccc2ccccc12. The average molecular weight is 409 g/mol. The predicted octanol–water partition coefficient (Wildman–Crippen LogP) is 5.34. The van der Waals surface area contributed by atoms with Crippen molar-refractivity contribution in [3.05, 3.63) is 96.6 Å². The molecule has 3 atom stereocenters. The predicted molar refractivity (Wildman–Crippen MR) is 122 cm³/mol. The molecule has 1 fully saturated rings. The van der Waals surface area contributed by atoms with Crippen LogP contribution in [-0.4, -0.2) is 16.9 Å². The molecule has 1 heterocycles. The Labute approximate surface area is 181 Å². The molecule has 0 saturated carbocycles. The van der Waals surface area contributed by atoms with Gasteiger partial charge in [0.15, 0.2) is 0 Å². The highest BCUT2D eigenvalue weighted by Crippen LogP contribution is 2.58. The number of carbonyl (C=O) groups is 2. The summed E-state index contributed by atoms with van der Waals surface area (Å²) in [5, 5.41) is 12.8. The van der Waals surface area contributed by atoms with Crippen molar-refractivity contribution in [2.75, 3.05) is 4.90 Å². The molecule has 2 amide bonds. The van der Waals surface area contributed by atoms with Gasteiger partial charge in [-0.1, -0.05) is 67.3 Å². The number of aromatic hydroxyl groups is 1. The van der Waals surface area contributed by atoms with Crippen LogP contribution in [0.25, 0.3) is 10.8 Å². The quantitative estimate of drug-likeness (QED) is 0.594. The summed E-state index contributed by atoms with van der Waals surface area (Å²) in [5.74, 6) is -1.30. The largest absolute Gasteiger partial charge is 0.508 e. The number of rotatable bonds is 3. The van der Waals surface area contributed by atoms with Crippen LogP contribution >= 0.6 is 0 Å². The highest BCUT2D eigenvalue weighted by molar-refractivity contribution is 6.24. The van der Waals surface area contributed by atoms with E-state index in [1.165, 1.54) is 4.90 Å². The van der Waals surface area contributed by atoms with E-state index >= 15 is 0 Å². The normalized spacial score (nSPS) is 25.5. The number of fused-ring (bicyclic) bond motifs is 2. The second kappa shape index (κ2) is 6.95. The fraction of sp³-hybridized carbons (Fsp3) is 0.185. The molecule has 1 N–H and O–H groups in total. The Bertz CT molecular complexity index is 1260. The van der Waals surface area contributed by atoms with Crippen LogP contribution < -0.4 is 4.90 Å². The van der Waals surface area contributed by atoms with Crippen molar-refractivity contribution in [2.45, 2.75) is 19.3 Å². The number of para-hydroxylation sites is 1. The molecule has 0 aromatic heterocycles. The molecule has 0 unspecified atom stereocenters. The summed E-state index contributed by atoms with van der Waals surface area (Å²) in [6, 6.07) is 20.4. The minimum atomic E-state index is -1.03. The van der Waals surface area contributed by atoms with Crippen LogP contribution in [0.5, 0.6) is 5.75 Å². The van der Waals surface area contributed by atoms with E-state index in [9.17, 15) is 14.7 Å². The molecular formula is C27H23NO3. The molecule has 4 nitrogen and oxygen atoms in total. The first-order valence-electron chi connectivity index (χ1n) is 10.4. The summed E-state index contributed by atoms with van der Waals surface area (Å²) < 4.78 is 0. The first kappa shape index (κ1) is 19.3. The molecular weight excluding hydrogens is 386 g/mol. The summed E-state index contributed by atoms with van der Waals surface area (Å²) in [6.45, 7) is 5.84. The fourth-order valence-corrected chi connectivity index (χ4v) is 5.37. The Morgan fingerprint density at radius 2 is 1.74 bits per heavy atom. The Kier molecular flexibility index (Phi) is 4.33. The molecule has 154 valence electrons. The monoisotopic (exact) mass is 409 g/mol. The van der Waals surface area contributed by atoms with E-state index in [1.807, 2.05) is 61.5 Å². The second-order valence-electron chi connectivity index (χ2n) is 8.45. The van der Waals surface area contributed by atoms with Crippen LogP contribution in [0.1, 0.15) is 24.8 Å². The number of phenolic OH excluding ortho intramolecular Hbond substituents is 1. The number of imide groups is 1. The number of hydrogen-bond acceptors (Lipinski definition) is 3. The zero-order chi connectivity index (χ0) is 21.8. The van der Waals surface area contributed by atoms with Crippen LogP contribution in [-0.2, 0) is 9.59 Å². The topological polar surface area (TPSA) is 57.6 Å². The molecule has 1 saturated heterocycles. The third-order valence-corrected chi connectivity index (χ3v) is 6.91. The van der Waals surface area contributed by atoms with Crippen molar-refractivity contribution >= 4 is 28.3 Å². The summed E-state index contributed by atoms with van der Waals surface area (Å²) in [6.07, 6.45) is 4.20. The number of nitrogens with zero attached hydrogens (tertiary/aromatic N) is 1. The summed E-state index contributed by atoms with van der Waals surface area (Å²) >= 11 is 0. The molecule has 0 spiro atoms. The summed E-state index contributed by atoms with van der Waals surface area (Å²) in [7, 11) is 0. The number of hydrogen-bond donors (Lipinski definition) is 1. The van der Waals surface area contributed by atoms with Gasteiger partial charge in [0.1, 0.15) is 5.75 Å². The van der Waals surface area contributed by atoms with Crippen LogP contribution in [0.4, 0.5) is 5.69 Å². The first-order chi connectivity index (χ1) is 15.0. The molecule has 1 aliphatic carbocycles. The van der Waals surface area contributed by atoms with Gasteiger partial charge in [0.05, 0.1) is 17.0 Å². The first-order valence-corrected chi connectivity index (χ1v) is 10.4. The van der Waals surface area contributed by atoms with E-state index in [-0.39, 0.29) is 17.6 Å². The van der Waals surface area contributed by atoms with Gasteiger partial charge in [-0.05, 0) is 47.9 Å². The minimum Gasteiger partial charge on any atom is -0.508 e. The van der Waals surface area contributed by atoms with Gasteiger partial charge in [0.2, 0.25) is 11.8 Å². The summed E-state index contributed by atoms with van der Waals surface area (Å²) in [5.41, 5.74) is 1.08. The van der Waals surface area contributed by atoms with Gasteiger partial charge >= 0.3 is 0 Å². The van der Waals surface area contributed by atoms with E-state index in [2.05, 4.69) is 6.58 Å². The average Bonchev–Trinajstić information content (AvgIpc) is 2.99.